The Morgan fingerprint density at radius 3 is 2.61 bits per heavy atom. The number of hydrogen-bond acceptors (Lipinski definition) is 8. The van der Waals surface area contributed by atoms with E-state index in [1.807, 2.05) is 0 Å². The molecule has 1 aromatic heterocycles. The molecule has 1 N–H and O–H groups in total. The van der Waals surface area contributed by atoms with Crippen molar-refractivity contribution in [1.82, 2.24) is 4.98 Å². The van der Waals surface area contributed by atoms with Gasteiger partial charge in [0.05, 0.1) is 13.0 Å². The predicted octanol–water partition coefficient (Wildman–Crippen LogP) is -2.77. The Kier molecular flexibility index (Phi) is 12.3. The van der Waals surface area contributed by atoms with Gasteiger partial charge < -0.3 is 24.7 Å². The number of pyridine rings is 1. The fourth-order valence-electron chi connectivity index (χ4n) is 1.25. The maximum Gasteiger partial charge on any atom is 1.00 e. The van der Waals surface area contributed by atoms with Crippen LogP contribution < -0.4 is 44.3 Å². The number of aliphatic hydroxyl groups is 1. The number of ether oxygens (including phenoxy) is 2. The van der Waals surface area contributed by atoms with Gasteiger partial charge in [0, 0.05) is 28.5 Å². The molecule has 11 heteroatoms. The zero-order valence-electron chi connectivity index (χ0n) is 12.2. The van der Waals surface area contributed by atoms with E-state index in [0.29, 0.717) is 5.33 Å². The first-order chi connectivity index (χ1) is 10.5. The van der Waals surface area contributed by atoms with E-state index in [2.05, 4.69) is 41.7 Å². The smallest absolute Gasteiger partial charge is 0.723 e. The fraction of sp³-hybridized carbons (Fsp3) is 0.417. The molecule has 0 aliphatic rings. The van der Waals surface area contributed by atoms with Gasteiger partial charge in [-0.05, 0) is 0 Å². The molecule has 0 aromatic carbocycles. The third kappa shape index (κ3) is 8.03. The zero-order valence-corrected chi connectivity index (χ0v) is 17.3. The van der Waals surface area contributed by atoms with Crippen LogP contribution in [0, 0.1) is 0 Å². The minimum absolute atomic E-state index is 0. The van der Waals surface area contributed by atoms with Crippen LogP contribution >= 0.6 is 31.9 Å². The van der Waals surface area contributed by atoms with E-state index >= 15 is 0 Å². The molecule has 0 radical (unpaired) electrons. The van der Waals surface area contributed by atoms with Crippen molar-refractivity contribution >= 4 is 43.8 Å². The van der Waals surface area contributed by atoms with Gasteiger partial charge >= 0.3 is 41.5 Å². The molecule has 0 saturated carbocycles. The summed E-state index contributed by atoms with van der Waals surface area (Å²) in [4.78, 5) is 30.5. The average molecular weight is 465 g/mol. The molecular weight excluding hydrogens is 453 g/mol. The van der Waals surface area contributed by atoms with Crippen molar-refractivity contribution in [2.24, 2.45) is 0 Å². The number of hydrogen-bond donors (Lipinski definition) is 1. The summed E-state index contributed by atoms with van der Waals surface area (Å²) in [6.07, 6.45) is -0.0688. The molecule has 0 bridgehead atoms. The number of alkyl halides is 2. The van der Waals surface area contributed by atoms with E-state index in [1.165, 1.54) is 12.3 Å². The average Bonchev–Trinajstić information content (AvgIpc) is 2.49. The molecule has 0 aliphatic carbocycles. The van der Waals surface area contributed by atoms with Crippen molar-refractivity contribution in [3.8, 4) is 11.6 Å². The minimum Gasteiger partial charge on any atom is -0.723 e. The second-order valence-corrected chi connectivity index (χ2v) is 5.34. The largest absolute Gasteiger partial charge is 1.00 e. The van der Waals surface area contributed by atoms with Crippen molar-refractivity contribution in [1.29, 1.82) is 0 Å². The molecule has 8 nitrogen and oxygen atoms in total. The summed E-state index contributed by atoms with van der Waals surface area (Å²) in [6, 6.07) is 1.17. The van der Waals surface area contributed by atoms with E-state index in [9.17, 15) is 20.0 Å². The van der Waals surface area contributed by atoms with Crippen LogP contribution in [0.2, 0.25) is 0 Å². The van der Waals surface area contributed by atoms with Crippen molar-refractivity contribution < 1.29 is 63.9 Å². The normalized spacial score (nSPS) is 11.3. The van der Waals surface area contributed by atoms with Crippen LogP contribution in [-0.2, 0) is 21.1 Å². The molecule has 0 saturated heterocycles. The maximum absolute atomic E-state index is 11.5. The van der Waals surface area contributed by atoms with Crippen molar-refractivity contribution in [3.63, 3.8) is 0 Å². The topological polar surface area (TPSA) is 118 Å². The molecule has 0 aliphatic heterocycles. The van der Waals surface area contributed by atoms with Crippen LogP contribution in [0.4, 0.5) is 0 Å². The van der Waals surface area contributed by atoms with Gasteiger partial charge in [-0.3, -0.25) is 4.79 Å². The van der Waals surface area contributed by atoms with Gasteiger partial charge in [-0.1, -0.05) is 31.9 Å². The van der Waals surface area contributed by atoms with E-state index in [4.69, 9.17) is 9.47 Å². The van der Waals surface area contributed by atoms with Crippen molar-refractivity contribution in [3.05, 3.63) is 17.8 Å². The number of esters is 2. The molecule has 23 heavy (non-hydrogen) atoms. The first kappa shape index (κ1) is 22.9. The first-order valence-electron chi connectivity index (χ1n) is 5.97. The molecule has 0 amide bonds. The molecular formula is C12H12Br2NNaO7. The SMILES string of the molecule is O=C(CCBr)Oc1cc(OC(=O)C(O)CBr)ncc1CO[O-].[Na+]. The summed E-state index contributed by atoms with van der Waals surface area (Å²) >= 11 is 6.02. The Hall–Kier alpha value is -0.0700. The van der Waals surface area contributed by atoms with Crippen LogP contribution in [0.15, 0.2) is 12.3 Å². The van der Waals surface area contributed by atoms with Crippen LogP contribution in [0.5, 0.6) is 11.6 Å². The number of halogens is 2. The van der Waals surface area contributed by atoms with Gasteiger partial charge in [0.15, 0.2) is 6.10 Å². The first-order valence-corrected chi connectivity index (χ1v) is 8.22. The van der Waals surface area contributed by atoms with Crippen LogP contribution in [0.3, 0.4) is 0 Å². The second-order valence-electron chi connectivity index (χ2n) is 3.90. The maximum atomic E-state index is 11.5. The monoisotopic (exact) mass is 463 g/mol. The van der Waals surface area contributed by atoms with Gasteiger partial charge in [0.1, 0.15) is 5.75 Å². The number of aliphatic hydroxyl groups excluding tert-OH is 1. The predicted molar refractivity (Wildman–Crippen MR) is 78.5 cm³/mol. The number of carbonyl (C=O) groups excluding carboxylic acids is 2. The van der Waals surface area contributed by atoms with E-state index in [0.717, 1.165) is 0 Å². The van der Waals surface area contributed by atoms with Crippen molar-refractivity contribution in [2.45, 2.75) is 19.1 Å². The molecule has 1 rings (SSSR count). The standard InChI is InChI=1S/C12H13Br2NO7.Na/c13-2-1-11(17)21-9-3-10(15-5-7(9)6-20-19)22-12(18)8(16)4-14;/h3,5,8,16,19H,1-2,4,6H2;/q;+1/p-1. The number of carbonyl (C=O) groups is 2. The molecule has 1 unspecified atom stereocenters. The summed E-state index contributed by atoms with van der Waals surface area (Å²) < 4.78 is 9.89. The summed E-state index contributed by atoms with van der Waals surface area (Å²) in [6.45, 7) is -0.373. The zero-order chi connectivity index (χ0) is 16.5. The Labute approximate surface area is 171 Å². The number of aromatic nitrogens is 1. The van der Waals surface area contributed by atoms with E-state index in [1.54, 1.807) is 0 Å². The van der Waals surface area contributed by atoms with Crippen LogP contribution in [0.25, 0.3) is 0 Å². The third-order valence-corrected chi connectivity index (χ3v) is 3.29. The summed E-state index contributed by atoms with van der Waals surface area (Å²) in [5.74, 6) is -1.66. The fourth-order valence-corrected chi connectivity index (χ4v) is 1.84. The van der Waals surface area contributed by atoms with Gasteiger partial charge in [-0.2, -0.15) is 0 Å². The quantitative estimate of drug-likeness (QED) is 0.144. The molecule has 0 spiro atoms. The van der Waals surface area contributed by atoms with Crippen LogP contribution in [-0.4, -0.2) is 38.8 Å². The third-order valence-electron chi connectivity index (χ3n) is 2.28. The van der Waals surface area contributed by atoms with E-state index < -0.39 is 18.0 Å². The van der Waals surface area contributed by atoms with Gasteiger partial charge in [-0.25, -0.2) is 9.78 Å². The van der Waals surface area contributed by atoms with Crippen LogP contribution in [0.1, 0.15) is 12.0 Å². The summed E-state index contributed by atoms with van der Waals surface area (Å²) in [7, 11) is 0. The minimum atomic E-state index is -1.36. The Balaban J connectivity index is 0.00000484. The molecule has 122 valence electrons. The number of nitrogens with zero attached hydrogens (tertiary/aromatic N) is 1. The Morgan fingerprint density at radius 1 is 1.35 bits per heavy atom. The van der Waals surface area contributed by atoms with Crippen molar-refractivity contribution in [2.75, 3.05) is 10.7 Å². The summed E-state index contributed by atoms with van der Waals surface area (Å²) in [5.41, 5.74) is 0.221. The Bertz CT molecular complexity index is 532. The van der Waals surface area contributed by atoms with Gasteiger partial charge in [0.25, 0.3) is 0 Å². The molecule has 1 atom stereocenters. The Morgan fingerprint density at radius 2 is 2.04 bits per heavy atom. The molecule has 0 fully saturated rings. The second kappa shape index (κ2) is 12.3. The van der Waals surface area contributed by atoms with Gasteiger partial charge in [-0.15, -0.1) is 0 Å². The molecule has 1 aromatic rings. The van der Waals surface area contributed by atoms with Gasteiger partial charge in [0.2, 0.25) is 5.88 Å². The summed E-state index contributed by atoms with van der Waals surface area (Å²) in [5, 5.41) is 20.0. The van der Waals surface area contributed by atoms with E-state index in [-0.39, 0.29) is 65.1 Å². The number of rotatable bonds is 8. The molecule has 1 heterocycles.